The molecule has 1 aromatic carbocycles. The minimum atomic E-state index is -1.29. The second-order valence-corrected chi connectivity index (χ2v) is 5.14. The van der Waals surface area contributed by atoms with Gasteiger partial charge in [-0.15, -0.1) is 0 Å². The number of carbonyl (C=O) groups excluding carboxylic acids is 2. The van der Waals surface area contributed by atoms with Gasteiger partial charge in [0.2, 0.25) is 0 Å². The number of aliphatic carboxylic acids is 1. The van der Waals surface area contributed by atoms with Gasteiger partial charge in [-0.1, -0.05) is 11.6 Å². The third-order valence-corrected chi connectivity index (χ3v) is 3.47. The molecule has 0 atom stereocenters. The van der Waals surface area contributed by atoms with Crippen LogP contribution >= 0.6 is 11.6 Å². The Bertz CT molecular complexity index is 731. The normalized spacial score (nSPS) is 15.6. The van der Waals surface area contributed by atoms with Crippen LogP contribution in [0.2, 0.25) is 5.02 Å². The lowest BCUT2D eigenvalue weighted by atomic mass is 10.1. The first-order valence-electron chi connectivity index (χ1n) is 6.94. The van der Waals surface area contributed by atoms with E-state index in [1.165, 1.54) is 19.3 Å². The van der Waals surface area contributed by atoms with Crippen molar-refractivity contribution in [1.82, 2.24) is 10.2 Å². The molecule has 1 saturated heterocycles. The van der Waals surface area contributed by atoms with E-state index in [0.717, 1.165) is 0 Å². The summed E-state index contributed by atoms with van der Waals surface area (Å²) in [7, 11) is 1.46. The smallest absolute Gasteiger partial charge is 0.329 e. The Morgan fingerprint density at radius 2 is 2.08 bits per heavy atom. The molecular formula is C15H15ClN2O6. The summed E-state index contributed by atoms with van der Waals surface area (Å²) in [5.74, 6) is -1.18. The van der Waals surface area contributed by atoms with Crippen LogP contribution in [-0.2, 0) is 9.59 Å². The van der Waals surface area contributed by atoms with Gasteiger partial charge in [-0.25, -0.2) is 9.69 Å². The highest BCUT2D eigenvalue weighted by Gasteiger charge is 2.35. The summed E-state index contributed by atoms with van der Waals surface area (Å²) in [6, 6.07) is 2.29. The van der Waals surface area contributed by atoms with Crippen molar-refractivity contribution < 1.29 is 29.0 Å². The number of hydrogen-bond acceptors (Lipinski definition) is 5. The van der Waals surface area contributed by atoms with Gasteiger partial charge in [0.05, 0.1) is 18.7 Å². The first-order chi connectivity index (χ1) is 11.4. The Hall–Kier alpha value is -2.74. The molecule has 2 N–H and O–H groups in total. The first-order valence-corrected chi connectivity index (χ1v) is 7.31. The number of amides is 3. The largest absolute Gasteiger partial charge is 0.493 e. The molecule has 1 aromatic rings. The van der Waals surface area contributed by atoms with Crippen LogP contribution in [0.15, 0.2) is 17.8 Å². The maximum atomic E-state index is 12.1. The molecule has 1 fully saturated rings. The maximum Gasteiger partial charge on any atom is 0.329 e. The third kappa shape index (κ3) is 3.60. The summed E-state index contributed by atoms with van der Waals surface area (Å²) < 4.78 is 10.6. The summed E-state index contributed by atoms with van der Waals surface area (Å²) in [5.41, 5.74) is 0.340. The number of carboxylic acids is 1. The number of ether oxygens (including phenoxy) is 2. The van der Waals surface area contributed by atoms with E-state index in [4.69, 9.17) is 26.2 Å². The fourth-order valence-electron chi connectivity index (χ4n) is 2.10. The lowest BCUT2D eigenvalue weighted by Gasteiger charge is -2.11. The Morgan fingerprint density at radius 3 is 2.67 bits per heavy atom. The van der Waals surface area contributed by atoms with Crippen molar-refractivity contribution in [2.24, 2.45) is 0 Å². The molecule has 1 aliphatic rings. The molecule has 2 rings (SSSR count). The number of nitrogens with zero attached hydrogens (tertiary/aromatic N) is 1. The summed E-state index contributed by atoms with van der Waals surface area (Å²) in [5, 5.41) is 11.3. The molecule has 0 radical (unpaired) electrons. The van der Waals surface area contributed by atoms with Gasteiger partial charge < -0.3 is 19.9 Å². The SMILES string of the molecule is CCOc1cc(Cl)c(/C=C2/NC(=O)N(CC(=O)O)C2=O)cc1OC. The Balaban J connectivity index is 2.36. The van der Waals surface area contributed by atoms with E-state index in [2.05, 4.69) is 5.32 Å². The van der Waals surface area contributed by atoms with Crippen molar-refractivity contribution in [1.29, 1.82) is 0 Å². The number of methoxy groups -OCH3 is 1. The monoisotopic (exact) mass is 354 g/mol. The molecule has 1 aliphatic heterocycles. The van der Waals surface area contributed by atoms with Crippen LogP contribution in [0.1, 0.15) is 12.5 Å². The van der Waals surface area contributed by atoms with Gasteiger partial charge in [-0.2, -0.15) is 0 Å². The van der Waals surface area contributed by atoms with E-state index in [9.17, 15) is 14.4 Å². The van der Waals surface area contributed by atoms with Gasteiger partial charge in [0.1, 0.15) is 12.2 Å². The zero-order valence-corrected chi connectivity index (χ0v) is 13.7. The van der Waals surface area contributed by atoms with Gasteiger partial charge in [-0.3, -0.25) is 9.59 Å². The van der Waals surface area contributed by atoms with Crippen molar-refractivity contribution in [3.05, 3.63) is 28.4 Å². The van der Waals surface area contributed by atoms with E-state index in [1.807, 2.05) is 6.92 Å². The highest BCUT2D eigenvalue weighted by atomic mass is 35.5. The highest BCUT2D eigenvalue weighted by Crippen LogP contribution is 2.34. The zero-order valence-electron chi connectivity index (χ0n) is 13.0. The number of halogens is 1. The molecule has 0 spiro atoms. The molecular weight excluding hydrogens is 340 g/mol. The van der Waals surface area contributed by atoms with E-state index in [-0.39, 0.29) is 10.7 Å². The van der Waals surface area contributed by atoms with Crippen molar-refractivity contribution >= 4 is 35.6 Å². The van der Waals surface area contributed by atoms with Gasteiger partial charge in [0, 0.05) is 6.07 Å². The molecule has 0 aliphatic carbocycles. The Labute approximate surface area is 142 Å². The molecule has 1 heterocycles. The number of benzene rings is 1. The molecule has 0 saturated carbocycles. The molecule has 0 unspecified atom stereocenters. The molecule has 0 bridgehead atoms. The van der Waals surface area contributed by atoms with Crippen molar-refractivity contribution in [2.75, 3.05) is 20.3 Å². The lowest BCUT2D eigenvalue weighted by Crippen LogP contribution is -2.35. The zero-order chi connectivity index (χ0) is 17.9. The van der Waals surface area contributed by atoms with Crippen LogP contribution in [-0.4, -0.2) is 48.2 Å². The molecule has 9 heteroatoms. The maximum absolute atomic E-state index is 12.1. The summed E-state index contributed by atoms with van der Waals surface area (Å²) in [4.78, 5) is 35.1. The molecule has 3 amide bonds. The summed E-state index contributed by atoms with van der Waals surface area (Å²) in [6.07, 6.45) is 1.35. The topological polar surface area (TPSA) is 105 Å². The number of rotatable bonds is 6. The number of nitrogens with one attached hydrogen (secondary N) is 1. The van der Waals surface area contributed by atoms with Crippen molar-refractivity contribution in [3.63, 3.8) is 0 Å². The number of carbonyl (C=O) groups is 3. The van der Waals surface area contributed by atoms with Crippen LogP contribution in [0.4, 0.5) is 4.79 Å². The van der Waals surface area contributed by atoms with E-state index >= 15 is 0 Å². The second-order valence-electron chi connectivity index (χ2n) is 4.73. The molecule has 128 valence electrons. The van der Waals surface area contributed by atoms with Crippen LogP contribution in [0.3, 0.4) is 0 Å². The van der Waals surface area contributed by atoms with Crippen LogP contribution in [0.25, 0.3) is 6.08 Å². The Kier molecular flexibility index (Phi) is 5.30. The van der Waals surface area contributed by atoms with E-state index < -0.39 is 24.5 Å². The van der Waals surface area contributed by atoms with Gasteiger partial charge in [0.15, 0.2) is 11.5 Å². The highest BCUT2D eigenvalue weighted by molar-refractivity contribution is 6.32. The fraction of sp³-hybridized carbons (Fsp3) is 0.267. The third-order valence-electron chi connectivity index (χ3n) is 3.14. The van der Waals surface area contributed by atoms with E-state index in [1.54, 1.807) is 6.07 Å². The predicted octanol–water partition coefficient (Wildman–Crippen LogP) is 1.72. The first kappa shape index (κ1) is 17.6. The van der Waals surface area contributed by atoms with Crippen LogP contribution in [0, 0.1) is 0 Å². The van der Waals surface area contributed by atoms with Crippen LogP contribution in [0.5, 0.6) is 11.5 Å². The van der Waals surface area contributed by atoms with Gasteiger partial charge >= 0.3 is 12.0 Å². The quantitative estimate of drug-likeness (QED) is 0.595. The van der Waals surface area contributed by atoms with E-state index in [0.29, 0.717) is 28.6 Å². The standard InChI is InChI=1S/C15H15ClN2O6/c1-3-24-12-6-9(16)8(5-11(12)23-2)4-10-14(21)18(7-13(19)20)15(22)17-10/h4-6H,3,7H2,1-2H3,(H,17,22)(H,19,20)/b10-4+. The summed E-state index contributed by atoms with van der Waals surface area (Å²) in [6.45, 7) is 1.52. The average molecular weight is 355 g/mol. The van der Waals surface area contributed by atoms with Gasteiger partial charge in [-0.05, 0) is 24.6 Å². The van der Waals surface area contributed by atoms with Crippen molar-refractivity contribution in [3.8, 4) is 11.5 Å². The minimum Gasteiger partial charge on any atom is -0.493 e. The second kappa shape index (κ2) is 7.22. The lowest BCUT2D eigenvalue weighted by molar-refractivity contribution is -0.140. The number of carboxylic acid groups (broad SMARTS) is 1. The van der Waals surface area contributed by atoms with Crippen molar-refractivity contribution in [2.45, 2.75) is 6.92 Å². The Morgan fingerprint density at radius 1 is 1.38 bits per heavy atom. The average Bonchev–Trinajstić information content (AvgIpc) is 2.77. The summed E-state index contributed by atoms with van der Waals surface area (Å²) >= 11 is 6.17. The fourth-order valence-corrected chi connectivity index (χ4v) is 2.30. The molecule has 0 aromatic heterocycles. The number of urea groups is 1. The minimum absolute atomic E-state index is 0.0747. The van der Waals surface area contributed by atoms with Crippen LogP contribution < -0.4 is 14.8 Å². The molecule has 24 heavy (non-hydrogen) atoms. The molecule has 8 nitrogen and oxygen atoms in total. The number of imide groups is 1. The predicted molar refractivity (Wildman–Crippen MR) is 85.0 cm³/mol. The number of hydrogen-bond donors (Lipinski definition) is 2. The van der Waals surface area contributed by atoms with Gasteiger partial charge in [0.25, 0.3) is 5.91 Å².